The summed E-state index contributed by atoms with van der Waals surface area (Å²) in [5.74, 6) is 0.0188. The second-order valence-electron chi connectivity index (χ2n) is 5.65. The van der Waals surface area contributed by atoms with Crippen LogP contribution in [-0.4, -0.2) is 23.2 Å². The molecule has 0 unspecified atom stereocenters. The van der Waals surface area contributed by atoms with E-state index < -0.39 is 0 Å². The van der Waals surface area contributed by atoms with Crippen LogP contribution < -0.4 is 5.32 Å². The minimum atomic E-state index is -0.377. The standard InChI is InChI=1S/C16H23NO2/c1-13-7-3-4-8-14(13)11-15(19)17-16(12-18)9-5-2-6-10-16/h3-4,7-8,18H,2,5-6,9-12H2,1H3,(H,17,19). The Hall–Kier alpha value is -1.35. The quantitative estimate of drug-likeness (QED) is 0.874. The van der Waals surface area contributed by atoms with Gasteiger partial charge in [0.25, 0.3) is 0 Å². The van der Waals surface area contributed by atoms with Gasteiger partial charge in [-0.3, -0.25) is 4.79 Å². The summed E-state index contributed by atoms with van der Waals surface area (Å²) < 4.78 is 0. The van der Waals surface area contributed by atoms with E-state index >= 15 is 0 Å². The fourth-order valence-electron chi connectivity index (χ4n) is 2.87. The molecule has 0 heterocycles. The van der Waals surface area contributed by atoms with E-state index in [9.17, 15) is 9.90 Å². The zero-order valence-corrected chi connectivity index (χ0v) is 11.6. The molecule has 1 amide bonds. The zero-order valence-electron chi connectivity index (χ0n) is 11.6. The lowest BCUT2D eigenvalue weighted by molar-refractivity contribution is -0.123. The van der Waals surface area contributed by atoms with Crippen molar-refractivity contribution in [3.05, 3.63) is 35.4 Å². The molecule has 19 heavy (non-hydrogen) atoms. The molecule has 3 heteroatoms. The minimum Gasteiger partial charge on any atom is -0.394 e. The van der Waals surface area contributed by atoms with Gasteiger partial charge in [-0.15, -0.1) is 0 Å². The van der Waals surface area contributed by atoms with Crippen molar-refractivity contribution >= 4 is 5.91 Å². The van der Waals surface area contributed by atoms with Gasteiger partial charge in [-0.05, 0) is 30.9 Å². The number of hydrogen-bond acceptors (Lipinski definition) is 2. The molecule has 0 saturated heterocycles. The van der Waals surface area contributed by atoms with E-state index in [1.807, 2.05) is 31.2 Å². The van der Waals surface area contributed by atoms with Gasteiger partial charge in [0, 0.05) is 0 Å². The van der Waals surface area contributed by atoms with Gasteiger partial charge in [0.1, 0.15) is 0 Å². The summed E-state index contributed by atoms with van der Waals surface area (Å²) in [4.78, 5) is 12.2. The second-order valence-corrected chi connectivity index (χ2v) is 5.65. The second kappa shape index (κ2) is 6.20. The van der Waals surface area contributed by atoms with Crippen LogP contribution in [0.25, 0.3) is 0 Å². The SMILES string of the molecule is Cc1ccccc1CC(=O)NC1(CO)CCCCC1. The van der Waals surface area contributed by atoms with E-state index in [2.05, 4.69) is 5.32 Å². The van der Waals surface area contributed by atoms with E-state index in [-0.39, 0.29) is 18.1 Å². The summed E-state index contributed by atoms with van der Waals surface area (Å²) >= 11 is 0. The van der Waals surface area contributed by atoms with E-state index in [0.717, 1.165) is 36.8 Å². The number of benzene rings is 1. The van der Waals surface area contributed by atoms with Gasteiger partial charge in [0.15, 0.2) is 0 Å². The smallest absolute Gasteiger partial charge is 0.224 e. The molecule has 1 aromatic rings. The highest BCUT2D eigenvalue weighted by Crippen LogP contribution is 2.27. The van der Waals surface area contributed by atoms with Crippen LogP contribution in [0.1, 0.15) is 43.2 Å². The summed E-state index contributed by atoms with van der Waals surface area (Å²) in [6, 6.07) is 7.94. The Morgan fingerprint density at radius 3 is 2.58 bits per heavy atom. The number of aliphatic hydroxyl groups is 1. The molecular weight excluding hydrogens is 238 g/mol. The lowest BCUT2D eigenvalue weighted by atomic mass is 9.82. The van der Waals surface area contributed by atoms with Crippen molar-refractivity contribution in [2.75, 3.05) is 6.61 Å². The van der Waals surface area contributed by atoms with Gasteiger partial charge in [-0.1, -0.05) is 43.5 Å². The van der Waals surface area contributed by atoms with E-state index in [0.29, 0.717) is 6.42 Å². The summed E-state index contributed by atoms with van der Waals surface area (Å²) in [5.41, 5.74) is 1.82. The van der Waals surface area contributed by atoms with Crippen molar-refractivity contribution in [1.82, 2.24) is 5.32 Å². The third kappa shape index (κ3) is 3.57. The molecular formula is C16H23NO2. The number of carbonyl (C=O) groups is 1. The number of aryl methyl sites for hydroxylation is 1. The first-order valence-corrected chi connectivity index (χ1v) is 7.12. The Morgan fingerprint density at radius 2 is 1.95 bits per heavy atom. The van der Waals surface area contributed by atoms with Crippen LogP contribution in [0, 0.1) is 6.92 Å². The van der Waals surface area contributed by atoms with Gasteiger partial charge in [0.05, 0.1) is 18.6 Å². The highest BCUT2D eigenvalue weighted by atomic mass is 16.3. The molecule has 1 aliphatic carbocycles. The Kier molecular flexibility index (Phi) is 4.59. The highest BCUT2D eigenvalue weighted by molar-refractivity contribution is 5.79. The Bertz CT molecular complexity index is 436. The van der Waals surface area contributed by atoms with Gasteiger partial charge >= 0.3 is 0 Å². The van der Waals surface area contributed by atoms with Gasteiger partial charge < -0.3 is 10.4 Å². The summed E-state index contributed by atoms with van der Waals surface area (Å²) in [6.45, 7) is 2.07. The molecule has 1 aromatic carbocycles. The average molecular weight is 261 g/mol. The lowest BCUT2D eigenvalue weighted by Crippen LogP contribution is -2.53. The maximum absolute atomic E-state index is 12.2. The Balaban J connectivity index is 1.98. The van der Waals surface area contributed by atoms with Crippen molar-refractivity contribution in [2.45, 2.75) is 51.0 Å². The molecule has 0 bridgehead atoms. The lowest BCUT2D eigenvalue weighted by Gasteiger charge is -2.36. The van der Waals surface area contributed by atoms with Crippen LogP contribution in [0.4, 0.5) is 0 Å². The number of rotatable bonds is 4. The van der Waals surface area contributed by atoms with Crippen LogP contribution in [0.2, 0.25) is 0 Å². The Morgan fingerprint density at radius 1 is 1.26 bits per heavy atom. The molecule has 1 fully saturated rings. The van der Waals surface area contributed by atoms with E-state index in [1.165, 1.54) is 6.42 Å². The summed E-state index contributed by atoms with van der Waals surface area (Å²) in [7, 11) is 0. The summed E-state index contributed by atoms with van der Waals surface area (Å²) in [5, 5.41) is 12.7. The zero-order chi connectivity index (χ0) is 13.7. The number of amides is 1. The number of hydrogen-bond donors (Lipinski definition) is 2. The first kappa shape index (κ1) is 14.1. The predicted octanol–water partition coefficient (Wildman–Crippen LogP) is 2.35. The van der Waals surface area contributed by atoms with Crippen LogP contribution in [0.5, 0.6) is 0 Å². The molecule has 2 N–H and O–H groups in total. The third-order valence-corrected chi connectivity index (χ3v) is 4.13. The highest BCUT2D eigenvalue weighted by Gasteiger charge is 2.32. The topological polar surface area (TPSA) is 49.3 Å². The van der Waals surface area contributed by atoms with Crippen molar-refractivity contribution in [2.24, 2.45) is 0 Å². The van der Waals surface area contributed by atoms with Crippen LogP contribution in [-0.2, 0) is 11.2 Å². The van der Waals surface area contributed by atoms with Crippen molar-refractivity contribution in [1.29, 1.82) is 0 Å². The minimum absolute atomic E-state index is 0.0188. The van der Waals surface area contributed by atoms with Crippen LogP contribution >= 0.6 is 0 Å². The van der Waals surface area contributed by atoms with E-state index in [1.54, 1.807) is 0 Å². The molecule has 2 rings (SSSR count). The summed E-state index contributed by atoms with van der Waals surface area (Å²) in [6.07, 6.45) is 5.56. The fourth-order valence-corrected chi connectivity index (χ4v) is 2.87. The van der Waals surface area contributed by atoms with Crippen molar-refractivity contribution in [3.63, 3.8) is 0 Å². The molecule has 0 aromatic heterocycles. The van der Waals surface area contributed by atoms with Crippen LogP contribution in [0.3, 0.4) is 0 Å². The monoisotopic (exact) mass is 261 g/mol. The Labute approximate surface area is 115 Å². The molecule has 0 aliphatic heterocycles. The molecule has 1 aliphatic rings. The maximum atomic E-state index is 12.2. The number of aliphatic hydroxyl groups excluding tert-OH is 1. The maximum Gasteiger partial charge on any atom is 0.224 e. The van der Waals surface area contributed by atoms with Crippen LogP contribution in [0.15, 0.2) is 24.3 Å². The van der Waals surface area contributed by atoms with Gasteiger partial charge in [0.2, 0.25) is 5.91 Å². The molecule has 104 valence electrons. The number of carbonyl (C=O) groups excluding carboxylic acids is 1. The molecule has 0 atom stereocenters. The van der Waals surface area contributed by atoms with Crippen molar-refractivity contribution < 1.29 is 9.90 Å². The molecule has 1 saturated carbocycles. The fraction of sp³-hybridized carbons (Fsp3) is 0.562. The van der Waals surface area contributed by atoms with E-state index in [4.69, 9.17) is 0 Å². The first-order valence-electron chi connectivity index (χ1n) is 7.12. The third-order valence-electron chi connectivity index (χ3n) is 4.13. The molecule has 0 spiro atoms. The first-order chi connectivity index (χ1) is 9.15. The van der Waals surface area contributed by atoms with Gasteiger partial charge in [-0.2, -0.15) is 0 Å². The van der Waals surface area contributed by atoms with Crippen molar-refractivity contribution in [3.8, 4) is 0 Å². The average Bonchev–Trinajstić information content (AvgIpc) is 2.42. The largest absolute Gasteiger partial charge is 0.394 e. The number of nitrogens with one attached hydrogen (secondary N) is 1. The molecule has 3 nitrogen and oxygen atoms in total. The predicted molar refractivity (Wildman–Crippen MR) is 75.9 cm³/mol. The molecule has 0 radical (unpaired) electrons. The normalized spacial score (nSPS) is 18.0. The van der Waals surface area contributed by atoms with Gasteiger partial charge in [-0.25, -0.2) is 0 Å².